The Morgan fingerprint density at radius 3 is 2.67 bits per heavy atom. The number of benzene rings is 1. The number of aryl methyl sites for hydroxylation is 1. The molecule has 10 heteroatoms. The Morgan fingerprint density at radius 2 is 1.89 bits per heavy atom. The van der Waals surface area contributed by atoms with E-state index in [1.54, 1.807) is 23.2 Å². The van der Waals surface area contributed by atoms with Crippen LogP contribution in [0.5, 0.6) is 5.75 Å². The van der Waals surface area contributed by atoms with Crippen molar-refractivity contribution < 1.29 is 27.5 Å². The predicted molar refractivity (Wildman–Crippen MR) is 124 cm³/mol. The molecule has 0 spiro atoms. The van der Waals surface area contributed by atoms with E-state index in [4.69, 9.17) is 0 Å². The van der Waals surface area contributed by atoms with Gasteiger partial charge in [0.2, 0.25) is 5.91 Å². The van der Waals surface area contributed by atoms with Crippen molar-refractivity contribution >= 4 is 11.8 Å². The van der Waals surface area contributed by atoms with Crippen molar-refractivity contribution in [3.63, 3.8) is 0 Å². The number of halogens is 3. The molecule has 7 nitrogen and oxygen atoms in total. The Labute approximate surface area is 206 Å². The van der Waals surface area contributed by atoms with Crippen LogP contribution >= 0.6 is 0 Å². The number of amides is 2. The molecular formula is C26H27F3N4O3. The first kappa shape index (κ1) is 24.1. The van der Waals surface area contributed by atoms with E-state index >= 15 is 0 Å². The van der Waals surface area contributed by atoms with Crippen molar-refractivity contribution in [2.24, 2.45) is 0 Å². The van der Waals surface area contributed by atoms with Gasteiger partial charge in [0.15, 0.2) is 0 Å². The summed E-state index contributed by atoms with van der Waals surface area (Å²) in [4.78, 5) is 32.9. The number of carbonyl (C=O) groups is 2. The molecule has 0 bridgehead atoms. The number of alkyl halides is 3. The van der Waals surface area contributed by atoms with Gasteiger partial charge in [-0.3, -0.25) is 14.6 Å². The number of fused-ring (bicyclic) bond motifs is 1. The van der Waals surface area contributed by atoms with Gasteiger partial charge >= 0.3 is 6.36 Å². The van der Waals surface area contributed by atoms with E-state index in [0.717, 1.165) is 25.0 Å². The van der Waals surface area contributed by atoms with Crippen LogP contribution in [-0.2, 0) is 16.0 Å². The van der Waals surface area contributed by atoms with Crippen LogP contribution in [-0.4, -0.2) is 46.7 Å². The second-order valence-electron chi connectivity index (χ2n) is 9.29. The Kier molecular flexibility index (Phi) is 6.59. The topological polar surface area (TPSA) is 83.6 Å². The Morgan fingerprint density at radius 1 is 1.11 bits per heavy atom. The van der Waals surface area contributed by atoms with E-state index in [1.165, 1.54) is 18.2 Å². The molecule has 1 aromatic carbocycles. The summed E-state index contributed by atoms with van der Waals surface area (Å²) in [5, 5.41) is 6.25. The Balaban J connectivity index is 1.60. The maximum Gasteiger partial charge on any atom is 0.573 e. The smallest absolute Gasteiger partial charge is 0.405 e. The van der Waals surface area contributed by atoms with Crippen LogP contribution in [0.15, 0.2) is 59.9 Å². The lowest BCUT2D eigenvalue weighted by Gasteiger charge is -2.43. The lowest BCUT2D eigenvalue weighted by Crippen LogP contribution is -2.53. The first-order chi connectivity index (χ1) is 17.3. The third-order valence-corrected chi connectivity index (χ3v) is 7.04. The number of rotatable bonds is 5. The summed E-state index contributed by atoms with van der Waals surface area (Å²) in [5.74, 6) is -1.05. The molecule has 0 radical (unpaired) electrons. The summed E-state index contributed by atoms with van der Waals surface area (Å²) in [5.41, 5.74) is 1.78. The van der Waals surface area contributed by atoms with Gasteiger partial charge in [0, 0.05) is 35.6 Å². The van der Waals surface area contributed by atoms with Crippen molar-refractivity contribution in [2.45, 2.75) is 63.0 Å². The third-order valence-electron chi connectivity index (χ3n) is 7.04. The molecule has 3 heterocycles. The zero-order valence-electron chi connectivity index (χ0n) is 19.6. The fraction of sp³-hybridized carbons (Fsp3) is 0.423. The van der Waals surface area contributed by atoms with Gasteiger partial charge in [0.1, 0.15) is 5.75 Å². The first-order valence-corrected chi connectivity index (χ1v) is 12.2. The molecule has 1 aliphatic carbocycles. The zero-order chi connectivity index (χ0) is 25.3. The fourth-order valence-corrected chi connectivity index (χ4v) is 5.55. The molecule has 5 rings (SSSR count). The quantitative estimate of drug-likeness (QED) is 0.653. The van der Waals surface area contributed by atoms with Crippen LogP contribution < -0.4 is 15.4 Å². The number of ether oxygens (including phenoxy) is 1. The average Bonchev–Trinajstić information content (AvgIpc) is 3.13. The second-order valence-corrected chi connectivity index (χ2v) is 9.29. The third kappa shape index (κ3) is 4.89. The van der Waals surface area contributed by atoms with Crippen molar-refractivity contribution in [3.8, 4) is 5.75 Å². The van der Waals surface area contributed by atoms with E-state index in [2.05, 4.69) is 20.4 Å². The molecule has 190 valence electrons. The number of aromatic nitrogens is 1. The van der Waals surface area contributed by atoms with E-state index < -0.39 is 24.1 Å². The van der Waals surface area contributed by atoms with Crippen LogP contribution in [0.2, 0.25) is 0 Å². The molecule has 2 N–H and O–H groups in total. The number of nitrogens with one attached hydrogen (secondary N) is 2. The normalized spacial score (nSPS) is 23.8. The van der Waals surface area contributed by atoms with E-state index in [-0.39, 0.29) is 42.1 Å². The number of hydrogen-bond acceptors (Lipinski definition) is 5. The number of pyridine rings is 1. The molecule has 1 fully saturated rings. The molecule has 1 aromatic heterocycles. The van der Waals surface area contributed by atoms with E-state index in [1.807, 2.05) is 12.1 Å². The molecule has 2 aliphatic heterocycles. The lowest BCUT2D eigenvalue weighted by molar-refractivity contribution is -0.275. The highest BCUT2D eigenvalue weighted by Crippen LogP contribution is 2.44. The van der Waals surface area contributed by atoms with Gasteiger partial charge in [-0.1, -0.05) is 37.1 Å². The lowest BCUT2D eigenvalue weighted by atomic mass is 9.86. The molecule has 2 amide bonds. The number of hydrogen-bond donors (Lipinski definition) is 2. The minimum Gasteiger partial charge on any atom is -0.405 e. The monoisotopic (exact) mass is 500 g/mol. The van der Waals surface area contributed by atoms with Gasteiger partial charge < -0.3 is 20.3 Å². The number of para-hydroxylation sites is 1. The summed E-state index contributed by atoms with van der Waals surface area (Å²) in [6.45, 7) is 0.242. The highest BCUT2D eigenvalue weighted by molar-refractivity contribution is 5.99. The fourth-order valence-electron chi connectivity index (χ4n) is 5.55. The average molecular weight is 501 g/mol. The van der Waals surface area contributed by atoms with E-state index in [9.17, 15) is 22.8 Å². The molecule has 1 saturated carbocycles. The SMILES string of the molecule is O=C1NCC2=C1[C@@H](c1ccccc1OC(F)(F)F)N(C(=O)CCc1ccccn1)[C@@H]1CCCC[C@H]1N2. The maximum absolute atomic E-state index is 13.9. The molecule has 3 aliphatic rings. The first-order valence-electron chi connectivity index (χ1n) is 12.2. The van der Waals surface area contributed by atoms with Crippen LogP contribution in [0, 0.1) is 0 Å². The summed E-state index contributed by atoms with van der Waals surface area (Å²) in [6.07, 6.45) is 0.566. The van der Waals surface area contributed by atoms with Gasteiger partial charge in [0.25, 0.3) is 5.91 Å². The molecular weight excluding hydrogens is 473 g/mol. The summed E-state index contributed by atoms with van der Waals surface area (Å²) in [7, 11) is 0. The molecule has 0 unspecified atom stereocenters. The van der Waals surface area contributed by atoms with Gasteiger partial charge in [-0.05, 0) is 37.5 Å². The predicted octanol–water partition coefficient (Wildman–Crippen LogP) is 3.78. The van der Waals surface area contributed by atoms with Gasteiger partial charge in [-0.25, -0.2) is 0 Å². The summed E-state index contributed by atoms with van der Waals surface area (Å²) in [6, 6.07) is 9.83. The molecule has 0 saturated heterocycles. The van der Waals surface area contributed by atoms with Crippen molar-refractivity contribution in [2.75, 3.05) is 6.54 Å². The second kappa shape index (κ2) is 9.83. The minimum absolute atomic E-state index is 0.101. The maximum atomic E-state index is 13.9. The van der Waals surface area contributed by atoms with Gasteiger partial charge in [-0.15, -0.1) is 13.2 Å². The van der Waals surface area contributed by atoms with Crippen molar-refractivity contribution in [1.82, 2.24) is 20.5 Å². The van der Waals surface area contributed by atoms with Crippen LogP contribution in [0.25, 0.3) is 0 Å². The van der Waals surface area contributed by atoms with Crippen molar-refractivity contribution in [3.05, 3.63) is 71.2 Å². The minimum atomic E-state index is -4.92. The Hall–Kier alpha value is -3.56. The summed E-state index contributed by atoms with van der Waals surface area (Å²) >= 11 is 0. The zero-order valence-corrected chi connectivity index (χ0v) is 19.6. The van der Waals surface area contributed by atoms with Crippen LogP contribution in [0.1, 0.15) is 49.4 Å². The molecule has 3 atom stereocenters. The molecule has 2 aromatic rings. The largest absolute Gasteiger partial charge is 0.573 e. The summed E-state index contributed by atoms with van der Waals surface area (Å²) < 4.78 is 44.4. The van der Waals surface area contributed by atoms with Crippen LogP contribution in [0.3, 0.4) is 0 Å². The van der Waals surface area contributed by atoms with E-state index in [0.29, 0.717) is 18.5 Å². The van der Waals surface area contributed by atoms with Crippen LogP contribution in [0.4, 0.5) is 13.2 Å². The van der Waals surface area contributed by atoms with Gasteiger partial charge in [0.05, 0.1) is 24.2 Å². The Bertz CT molecular complexity index is 1170. The number of nitrogens with zero attached hydrogens (tertiary/aromatic N) is 2. The molecule has 36 heavy (non-hydrogen) atoms. The highest BCUT2D eigenvalue weighted by Gasteiger charge is 2.47. The standard InChI is InChI=1S/C26H27F3N4O3/c27-26(28,29)36-21-11-4-1-8-17(21)24-23-19(15-31-25(23)35)32-18-9-2-3-10-20(18)33(24)22(34)13-12-16-7-5-6-14-30-16/h1,4-8,11,14,18,20,24,32H,2-3,9-10,12-13,15H2,(H,31,35)/t18-,20-,24-/m1/s1. The highest BCUT2D eigenvalue weighted by atomic mass is 19.4. The number of carbonyl (C=O) groups excluding carboxylic acids is 2. The van der Waals surface area contributed by atoms with Gasteiger partial charge in [-0.2, -0.15) is 0 Å². The van der Waals surface area contributed by atoms with Crippen molar-refractivity contribution in [1.29, 1.82) is 0 Å².